The van der Waals surface area contributed by atoms with Gasteiger partial charge in [0.1, 0.15) is 5.82 Å². The van der Waals surface area contributed by atoms with E-state index in [2.05, 4.69) is 49.8 Å². The molecule has 7 heteroatoms. The maximum atomic E-state index is 12.4. The van der Waals surface area contributed by atoms with Crippen LogP contribution in [-0.4, -0.2) is 39.9 Å². The van der Waals surface area contributed by atoms with Gasteiger partial charge in [0.2, 0.25) is 5.91 Å². The number of piperidine rings is 1. The van der Waals surface area contributed by atoms with E-state index in [1.165, 1.54) is 16.9 Å². The van der Waals surface area contributed by atoms with Crippen LogP contribution in [0.2, 0.25) is 0 Å². The number of nitrogens with one attached hydrogen (secondary N) is 2. The molecule has 2 aromatic heterocycles. The SMILES string of the molecule is O=C(Cc1csc(Nc2ccccn2)n1)NC1CCN(Cc2ccccc2)CC1. The van der Waals surface area contributed by atoms with Crippen LogP contribution in [0.4, 0.5) is 10.9 Å². The van der Waals surface area contributed by atoms with E-state index in [9.17, 15) is 4.79 Å². The average molecular weight is 408 g/mol. The van der Waals surface area contributed by atoms with Crippen molar-refractivity contribution in [2.75, 3.05) is 18.4 Å². The minimum absolute atomic E-state index is 0.0428. The molecule has 4 rings (SSSR count). The van der Waals surface area contributed by atoms with Gasteiger partial charge < -0.3 is 10.6 Å². The predicted molar refractivity (Wildman–Crippen MR) is 116 cm³/mol. The second kappa shape index (κ2) is 9.62. The minimum Gasteiger partial charge on any atom is -0.353 e. The lowest BCUT2D eigenvalue weighted by Crippen LogP contribution is -2.44. The number of nitrogens with zero attached hydrogens (tertiary/aromatic N) is 3. The Morgan fingerprint density at radius 3 is 2.66 bits per heavy atom. The van der Waals surface area contributed by atoms with Gasteiger partial charge in [-0.25, -0.2) is 9.97 Å². The van der Waals surface area contributed by atoms with Gasteiger partial charge in [0.25, 0.3) is 0 Å². The normalized spacial score (nSPS) is 15.2. The highest BCUT2D eigenvalue weighted by atomic mass is 32.1. The second-order valence-corrected chi connectivity index (χ2v) is 8.12. The third-order valence-corrected chi connectivity index (χ3v) is 5.80. The summed E-state index contributed by atoms with van der Waals surface area (Å²) in [4.78, 5) is 23.6. The Bertz CT molecular complexity index is 907. The number of thiazole rings is 1. The quantitative estimate of drug-likeness (QED) is 0.626. The lowest BCUT2D eigenvalue weighted by atomic mass is 10.0. The first kappa shape index (κ1) is 19.5. The summed E-state index contributed by atoms with van der Waals surface area (Å²) < 4.78 is 0. The van der Waals surface area contributed by atoms with Crippen LogP contribution in [0.15, 0.2) is 60.1 Å². The van der Waals surface area contributed by atoms with Crippen molar-refractivity contribution in [2.24, 2.45) is 0 Å². The molecule has 0 bridgehead atoms. The first-order valence-electron chi connectivity index (χ1n) is 9.93. The number of rotatable bonds is 7. The van der Waals surface area contributed by atoms with Gasteiger partial charge in [-0.15, -0.1) is 11.3 Å². The lowest BCUT2D eigenvalue weighted by Gasteiger charge is -2.32. The molecule has 1 amide bonds. The zero-order chi connectivity index (χ0) is 19.9. The van der Waals surface area contributed by atoms with E-state index in [-0.39, 0.29) is 11.9 Å². The van der Waals surface area contributed by atoms with E-state index in [0.717, 1.165) is 49.1 Å². The number of amides is 1. The van der Waals surface area contributed by atoms with E-state index >= 15 is 0 Å². The first-order chi connectivity index (χ1) is 14.2. The number of pyridine rings is 1. The fourth-order valence-corrected chi connectivity index (χ4v) is 4.23. The van der Waals surface area contributed by atoms with Crippen molar-refractivity contribution in [2.45, 2.75) is 31.8 Å². The van der Waals surface area contributed by atoms with Crippen LogP contribution < -0.4 is 10.6 Å². The van der Waals surface area contributed by atoms with E-state index in [0.29, 0.717) is 6.42 Å². The van der Waals surface area contributed by atoms with Crippen molar-refractivity contribution in [1.82, 2.24) is 20.2 Å². The Morgan fingerprint density at radius 2 is 1.90 bits per heavy atom. The number of hydrogen-bond acceptors (Lipinski definition) is 6. The smallest absolute Gasteiger partial charge is 0.226 e. The van der Waals surface area contributed by atoms with Crippen LogP contribution in [0.25, 0.3) is 0 Å². The van der Waals surface area contributed by atoms with Gasteiger partial charge in [-0.3, -0.25) is 9.69 Å². The van der Waals surface area contributed by atoms with Crippen LogP contribution in [0.5, 0.6) is 0 Å². The first-order valence-corrected chi connectivity index (χ1v) is 10.8. The lowest BCUT2D eigenvalue weighted by molar-refractivity contribution is -0.121. The zero-order valence-electron chi connectivity index (χ0n) is 16.3. The Labute approximate surface area is 175 Å². The van der Waals surface area contributed by atoms with E-state index in [1.807, 2.05) is 29.6 Å². The van der Waals surface area contributed by atoms with Crippen molar-refractivity contribution in [3.8, 4) is 0 Å². The fourth-order valence-electron chi connectivity index (χ4n) is 3.51. The third kappa shape index (κ3) is 5.85. The average Bonchev–Trinajstić information content (AvgIpc) is 3.17. The predicted octanol–water partition coefficient (Wildman–Crippen LogP) is 3.61. The largest absolute Gasteiger partial charge is 0.353 e. The van der Waals surface area contributed by atoms with Gasteiger partial charge in [-0.05, 0) is 30.5 Å². The summed E-state index contributed by atoms with van der Waals surface area (Å²) in [5, 5.41) is 9.01. The molecular formula is C22H25N5OS. The molecule has 0 spiro atoms. The topological polar surface area (TPSA) is 70.1 Å². The van der Waals surface area contributed by atoms with Gasteiger partial charge in [-0.2, -0.15) is 0 Å². The van der Waals surface area contributed by atoms with Gasteiger partial charge in [0, 0.05) is 37.3 Å². The van der Waals surface area contributed by atoms with Crippen molar-refractivity contribution in [3.05, 3.63) is 71.4 Å². The van der Waals surface area contributed by atoms with Gasteiger partial charge in [0.05, 0.1) is 12.1 Å². The number of hydrogen-bond donors (Lipinski definition) is 2. The molecular weight excluding hydrogens is 382 g/mol. The second-order valence-electron chi connectivity index (χ2n) is 7.26. The van der Waals surface area contributed by atoms with Crippen molar-refractivity contribution < 1.29 is 4.79 Å². The molecule has 1 saturated heterocycles. The van der Waals surface area contributed by atoms with Crippen LogP contribution in [0, 0.1) is 0 Å². The molecule has 0 aliphatic carbocycles. The number of anilines is 2. The third-order valence-electron chi connectivity index (χ3n) is 5.00. The maximum absolute atomic E-state index is 12.4. The van der Waals surface area contributed by atoms with Crippen LogP contribution in [0.1, 0.15) is 24.1 Å². The summed E-state index contributed by atoms with van der Waals surface area (Å²) in [6, 6.07) is 16.5. The Morgan fingerprint density at radius 1 is 1.10 bits per heavy atom. The van der Waals surface area contributed by atoms with Crippen molar-refractivity contribution in [3.63, 3.8) is 0 Å². The van der Waals surface area contributed by atoms with Crippen LogP contribution >= 0.6 is 11.3 Å². The van der Waals surface area contributed by atoms with Gasteiger partial charge in [0.15, 0.2) is 5.13 Å². The van der Waals surface area contributed by atoms with Gasteiger partial charge in [-0.1, -0.05) is 36.4 Å². The summed E-state index contributed by atoms with van der Waals surface area (Å²) in [5.41, 5.74) is 2.13. The molecule has 3 heterocycles. The molecule has 0 atom stereocenters. The molecule has 1 aliphatic rings. The highest BCUT2D eigenvalue weighted by Crippen LogP contribution is 2.20. The standard InChI is InChI=1S/C22H25N5OS/c28-21(14-19-16-29-22(25-19)26-20-8-4-5-11-23-20)24-18-9-12-27(13-10-18)15-17-6-2-1-3-7-17/h1-8,11,16,18H,9-10,12-15H2,(H,24,28)(H,23,25,26). The number of benzene rings is 1. The minimum atomic E-state index is 0.0428. The highest BCUT2D eigenvalue weighted by molar-refractivity contribution is 7.13. The number of aromatic nitrogens is 2. The summed E-state index contributed by atoms with van der Waals surface area (Å²) in [7, 11) is 0. The molecule has 0 radical (unpaired) electrons. The molecule has 0 saturated carbocycles. The molecule has 3 aromatic rings. The monoisotopic (exact) mass is 407 g/mol. The van der Waals surface area contributed by atoms with E-state index < -0.39 is 0 Å². The van der Waals surface area contributed by atoms with Crippen LogP contribution in [0.3, 0.4) is 0 Å². The molecule has 2 N–H and O–H groups in total. The highest BCUT2D eigenvalue weighted by Gasteiger charge is 2.21. The van der Waals surface area contributed by atoms with Crippen molar-refractivity contribution >= 4 is 28.2 Å². The number of likely N-dealkylation sites (tertiary alicyclic amines) is 1. The van der Waals surface area contributed by atoms with E-state index in [1.54, 1.807) is 6.20 Å². The molecule has 1 aliphatic heterocycles. The summed E-state index contributed by atoms with van der Waals surface area (Å²) in [5.74, 6) is 0.793. The molecule has 0 unspecified atom stereocenters. The molecule has 29 heavy (non-hydrogen) atoms. The maximum Gasteiger partial charge on any atom is 0.226 e. The molecule has 6 nitrogen and oxygen atoms in total. The Kier molecular flexibility index (Phi) is 6.49. The van der Waals surface area contributed by atoms with Crippen LogP contribution in [-0.2, 0) is 17.8 Å². The molecule has 150 valence electrons. The Balaban J connectivity index is 1.20. The fraction of sp³-hybridized carbons (Fsp3) is 0.318. The summed E-state index contributed by atoms with van der Waals surface area (Å²) in [6.45, 7) is 3.00. The number of carbonyl (C=O) groups excluding carboxylic acids is 1. The van der Waals surface area contributed by atoms with Crippen molar-refractivity contribution in [1.29, 1.82) is 0 Å². The zero-order valence-corrected chi connectivity index (χ0v) is 17.1. The van der Waals surface area contributed by atoms with E-state index in [4.69, 9.17) is 0 Å². The molecule has 1 aromatic carbocycles. The Hall–Kier alpha value is -2.77. The summed E-state index contributed by atoms with van der Waals surface area (Å²) in [6.07, 6.45) is 4.02. The van der Waals surface area contributed by atoms with Gasteiger partial charge >= 0.3 is 0 Å². The molecule has 1 fully saturated rings. The summed E-state index contributed by atoms with van der Waals surface area (Å²) >= 11 is 1.48. The number of carbonyl (C=O) groups is 1.